The molecule has 2 N–H and O–H groups in total. The molecule has 3 rings (SSSR count). The van der Waals surface area contributed by atoms with E-state index in [0.717, 1.165) is 11.4 Å². The SMILES string of the molecule is CC(C)C(CNC(=O)COc1ccc(C2SCCCS2)cc1)Nc1ccccc1. The van der Waals surface area contributed by atoms with Crippen LogP contribution in [0.15, 0.2) is 54.6 Å². The van der Waals surface area contributed by atoms with E-state index in [4.69, 9.17) is 4.74 Å². The number of rotatable bonds is 9. The largest absolute Gasteiger partial charge is 0.484 e. The maximum Gasteiger partial charge on any atom is 0.258 e. The fraction of sp³-hybridized carbons (Fsp3) is 0.435. The molecule has 0 aliphatic carbocycles. The van der Waals surface area contributed by atoms with Crippen molar-refractivity contribution in [2.24, 2.45) is 5.92 Å². The second kappa shape index (κ2) is 11.4. The molecular formula is C23H30N2O2S2. The second-order valence-corrected chi connectivity index (χ2v) is 10.2. The first kappa shape index (κ1) is 21.9. The molecule has 1 heterocycles. The fourth-order valence-corrected chi connectivity index (χ4v) is 5.92. The molecule has 156 valence electrons. The maximum absolute atomic E-state index is 12.2. The smallest absolute Gasteiger partial charge is 0.258 e. The highest BCUT2D eigenvalue weighted by atomic mass is 32.2. The molecule has 29 heavy (non-hydrogen) atoms. The van der Waals surface area contributed by atoms with Crippen LogP contribution in [0, 0.1) is 5.92 Å². The van der Waals surface area contributed by atoms with Crippen molar-refractivity contribution in [1.29, 1.82) is 0 Å². The second-order valence-electron chi connectivity index (χ2n) is 7.45. The third kappa shape index (κ3) is 7.19. The van der Waals surface area contributed by atoms with E-state index < -0.39 is 0 Å². The standard InChI is InChI=1S/C23H30N2O2S2/c1-17(2)21(25-19-7-4-3-5-8-19)15-24-22(26)16-27-20-11-9-18(10-12-20)23-28-13-6-14-29-23/h3-5,7-12,17,21,23,25H,6,13-16H2,1-2H3,(H,24,26). The zero-order valence-corrected chi connectivity index (χ0v) is 18.7. The molecule has 0 radical (unpaired) electrons. The van der Waals surface area contributed by atoms with Crippen LogP contribution in [-0.4, -0.2) is 36.6 Å². The molecule has 6 heteroatoms. The Morgan fingerprint density at radius 1 is 1.07 bits per heavy atom. The van der Waals surface area contributed by atoms with Crippen LogP contribution in [0.1, 0.15) is 30.4 Å². The van der Waals surface area contributed by atoms with Crippen LogP contribution in [0.3, 0.4) is 0 Å². The minimum absolute atomic E-state index is 0.0302. The van der Waals surface area contributed by atoms with Crippen molar-refractivity contribution >= 4 is 35.1 Å². The summed E-state index contributed by atoms with van der Waals surface area (Å²) >= 11 is 4.01. The summed E-state index contributed by atoms with van der Waals surface area (Å²) in [5.74, 6) is 3.48. The number of para-hydroxylation sites is 1. The molecule has 1 saturated heterocycles. The number of anilines is 1. The van der Waals surface area contributed by atoms with E-state index in [0.29, 0.717) is 17.0 Å². The number of amides is 1. The van der Waals surface area contributed by atoms with E-state index in [9.17, 15) is 4.79 Å². The van der Waals surface area contributed by atoms with Gasteiger partial charge < -0.3 is 15.4 Å². The molecular weight excluding hydrogens is 400 g/mol. The number of thioether (sulfide) groups is 2. The van der Waals surface area contributed by atoms with Crippen molar-refractivity contribution in [3.63, 3.8) is 0 Å². The van der Waals surface area contributed by atoms with Gasteiger partial charge in [-0.15, -0.1) is 23.5 Å². The van der Waals surface area contributed by atoms with E-state index in [2.05, 4.69) is 36.6 Å². The molecule has 1 aliphatic heterocycles. The lowest BCUT2D eigenvalue weighted by Gasteiger charge is -2.24. The molecule has 1 unspecified atom stereocenters. The summed E-state index contributed by atoms with van der Waals surface area (Å²) in [6, 6.07) is 18.4. The van der Waals surface area contributed by atoms with Crippen molar-refractivity contribution in [2.45, 2.75) is 30.9 Å². The third-order valence-corrected chi connectivity index (χ3v) is 7.81. The molecule has 0 saturated carbocycles. The van der Waals surface area contributed by atoms with Crippen molar-refractivity contribution in [2.75, 3.05) is 30.0 Å². The summed E-state index contributed by atoms with van der Waals surface area (Å²) in [6.45, 7) is 4.88. The van der Waals surface area contributed by atoms with Gasteiger partial charge in [-0.2, -0.15) is 0 Å². The predicted molar refractivity (Wildman–Crippen MR) is 126 cm³/mol. The average Bonchev–Trinajstić information content (AvgIpc) is 2.76. The predicted octanol–water partition coefficient (Wildman–Crippen LogP) is 5.19. The Labute approximate surface area is 182 Å². The molecule has 1 fully saturated rings. The lowest BCUT2D eigenvalue weighted by Crippen LogP contribution is -2.41. The molecule has 2 aromatic rings. The Morgan fingerprint density at radius 2 is 1.76 bits per heavy atom. The van der Waals surface area contributed by atoms with Crippen LogP contribution in [0.4, 0.5) is 5.69 Å². The first-order valence-corrected chi connectivity index (χ1v) is 12.3. The van der Waals surface area contributed by atoms with E-state index in [-0.39, 0.29) is 18.6 Å². The van der Waals surface area contributed by atoms with Gasteiger partial charge in [0.25, 0.3) is 5.91 Å². The topological polar surface area (TPSA) is 50.4 Å². The lowest BCUT2D eigenvalue weighted by molar-refractivity contribution is -0.123. The van der Waals surface area contributed by atoms with Crippen LogP contribution in [-0.2, 0) is 4.79 Å². The van der Waals surface area contributed by atoms with Gasteiger partial charge in [0, 0.05) is 18.3 Å². The van der Waals surface area contributed by atoms with Gasteiger partial charge in [-0.25, -0.2) is 0 Å². The van der Waals surface area contributed by atoms with Gasteiger partial charge in [-0.05, 0) is 53.7 Å². The summed E-state index contributed by atoms with van der Waals surface area (Å²) in [4.78, 5) is 12.2. The number of carbonyl (C=O) groups is 1. The third-order valence-electron chi connectivity index (χ3n) is 4.80. The van der Waals surface area contributed by atoms with Gasteiger partial charge in [0.2, 0.25) is 0 Å². The Morgan fingerprint density at radius 3 is 2.41 bits per heavy atom. The quantitative estimate of drug-likeness (QED) is 0.574. The van der Waals surface area contributed by atoms with Gasteiger partial charge >= 0.3 is 0 Å². The van der Waals surface area contributed by atoms with Gasteiger partial charge in [-0.3, -0.25) is 4.79 Å². The summed E-state index contributed by atoms with van der Waals surface area (Å²) in [7, 11) is 0. The highest BCUT2D eigenvalue weighted by Gasteiger charge is 2.17. The van der Waals surface area contributed by atoms with Gasteiger partial charge in [0.1, 0.15) is 5.75 Å². The van der Waals surface area contributed by atoms with E-state index in [1.807, 2.05) is 66.0 Å². The van der Waals surface area contributed by atoms with E-state index >= 15 is 0 Å². The molecule has 0 aromatic heterocycles. The van der Waals surface area contributed by atoms with E-state index in [1.165, 1.54) is 23.5 Å². The van der Waals surface area contributed by atoms with Crippen LogP contribution < -0.4 is 15.4 Å². The van der Waals surface area contributed by atoms with E-state index in [1.54, 1.807) is 0 Å². The maximum atomic E-state index is 12.2. The number of ether oxygens (including phenoxy) is 1. The molecule has 4 nitrogen and oxygen atoms in total. The fourth-order valence-electron chi connectivity index (χ4n) is 3.03. The van der Waals surface area contributed by atoms with Crippen LogP contribution in [0.25, 0.3) is 0 Å². The zero-order chi connectivity index (χ0) is 20.5. The molecule has 1 atom stereocenters. The number of carbonyl (C=O) groups excluding carboxylic acids is 1. The highest BCUT2D eigenvalue weighted by molar-refractivity contribution is 8.16. The summed E-state index contributed by atoms with van der Waals surface area (Å²) in [6.07, 6.45) is 1.29. The van der Waals surface area contributed by atoms with Gasteiger partial charge in [-0.1, -0.05) is 44.2 Å². The average molecular weight is 431 g/mol. The summed E-state index contributed by atoms with van der Waals surface area (Å²) in [5.41, 5.74) is 2.38. The lowest BCUT2D eigenvalue weighted by atomic mass is 10.0. The molecule has 1 amide bonds. The summed E-state index contributed by atoms with van der Waals surface area (Å²) < 4.78 is 6.19. The minimum Gasteiger partial charge on any atom is -0.484 e. The first-order chi connectivity index (χ1) is 14.1. The molecule has 1 aliphatic rings. The van der Waals surface area contributed by atoms with Crippen molar-refractivity contribution in [3.05, 3.63) is 60.2 Å². The molecule has 0 bridgehead atoms. The van der Waals surface area contributed by atoms with Crippen LogP contribution in [0.2, 0.25) is 0 Å². The van der Waals surface area contributed by atoms with Crippen LogP contribution in [0.5, 0.6) is 5.75 Å². The van der Waals surface area contributed by atoms with Crippen LogP contribution >= 0.6 is 23.5 Å². The normalized spacial score (nSPS) is 15.7. The van der Waals surface area contributed by atoms with Crippen molar-refractivity contribution in [3.8, 4) is 5.75 Å². The number of hydrogen-bond donors (Lipinski definition) is 2. The Kier molecular flexibility index (Phi) is 8.62. The highest BCUT2D eigenvalue weighted by Crippen LogP contribution is 2.43. The number of benzene rings is 2. The first-order valence-electron chi connectivity index (χ1n) is 10.2. The Hall–Kier alpha value is -1.79. The monoisotopic (exact) mass is 430 g/mol. The summed E-state index contributed by atoms with van der Waals surface area (Å²) in [5, 5.41) is 6.47. The number of nitrogens with one attached hydrogen (secondary N) is 2. The number of hydrogen-bond acceptors (Lipinski definition) is 5. The Balaban J connectivity index is 1.42. The Bertz CT molecular complexity index is 747. The van der Waals surface area contributed by atoms with Gasteiger partial charge in [0.05, 0.1) is 4.58 Å². The molecule has 0 spiro atoms. The van der Waals surface area contributed by atoms with Gasteiger partial charge in [0.15, 0.2) is 6.61 Å². The van der Waals surface area contributed by atoms with Crippen molar-refractivity contribution in [1.82, 2.24) is 5.32 Å². The van der Waals surface area contributed by atoms with Crippen molar-refractivity contribution < 1.29 is 9.53 Å². The zero-order valence-electron chi connectivity index (χ0n) is 17.1. The minimum atomic E-state index is -0.104. The molecule has 2 aromatic carbocycles.